The molecule has 1 unspecified atom stereocenters. The van der Waals surface area contributed by atoms with E-state index in [0.717, 1.165) is 42.6 Å². The second-order valence-corrected chi connectivity index (χ2v) is 7.17. The van der Waals surface area contributed by atoms with Gasteiger partial charge >= 0.3 is 0 Å². The van der Waals surface area contributed by atoms with Gasteiger partial charge in [-0.1, -0.05) is 53.7 Å². The molecule has 6 heteroatoms. The number of nitrogens with zero attached hydrogens (tertiary/aromatic N) is 2. The fourth-order valence-corrected chi connectivity index (χ4v) is 3.58. The van der Waals surface area contributed by atoms with Crippen LogP contribution in [-0.4, -0.2) is 29.1 Å². The van der Waals surface area contributed by atoms with E-state index >= 15 is 0 Å². The Morgan fingerprint density at radius 2 is 1.96 bits per heavy atom. The molecule has 2 heterocycles. The van der Waals surface area contributed by atoms with E-state index in [1.807, 2.05) is 54.6 Å². The Morgan fingerprint density at radius 3 is 2.79 bits per heavy atom. The van der Waals surface area contributed by atoms with Gasteiger partial charge in [-0.2, -0.15) is 4.98 Å². The Balaban J connectivity index is 1.36. The van der Waals surface area contributed by atoms with Crippen molar-refractivity contribution in [2.75, 3.05) is 13.1 Å². The van der Waals surface area contributed by atoms with Crippen LogP contribution in [0, 0.1) is 5.92 Å². The number of benzene rings is 2. The van der Waals surface area contributed by atoms with E-state index in [-0.39, 0.29) is 12.5 Å². The molecule has 0 spiro atoms. The molecule has 1 aliphatic heterocycles. The predicted octanol–water partition coefficient (Wildman–Crippen LogP) is 2.74. The molecule has 28 heavy (non-hydrogen) atoms. The van der Waals surface area contributed by atoms with E-state index < -0.39 is 0 Å². The lowest BCUT2D eigenvalue weighted by Crippen LogP contribution is -2.24. The van der Waals surface area contributed by atoms with Crippen molar-refractivity contribution in [3.8, 4) is 0 Å². The molecule has 0 radical (unpaired) electrons. The highest BCUT2D eigenvalue weighted by atomic mass is 16.5. The molecule has 1 aliphatic rings. The first kappa shape index (κ1) is 18.4. The maximum Gasteiger partial charge on any atom is 0.251 e. The summed E-state index contributed by atoms with van der Waals surface area (Å²) < 4.78 is 5.28. The topological polar surface area (TPSA) is 80.1 Å². The van der Waals surface area contributed by atoms with Crippen molar-refractivity contribution in [3.63, 3.8) is 0 Å². The molecular formula is C22H24N4O2. The Kier molecular flexibility index (Phi) is 5.77. The molecule has 2 aromatic carbocycles. The van der Waals surface area contributed by atoms with E-state index in [9.17, 15) is 4.79 Å². The Bertz CT molecular complexity index is 917. The van der Waals surface area contributed by atoms with Gasteiger partial charge in [0.25, 0.3) is 5.91 Å². The van der Waals surface area contributed by atoms with E-state index in [1.54, 1.807) is 0 Å². The summed E-state index contributed by atoms with van der Waals surface area (Å²) in [5, 5.41) is 10.3. The minimum Gasteiger partial charge on any atom is -0.343 e. The first-order valence-electron chi connectivity index (χ1n) is 9.70. The molecule has 2 N–H and O–H groups in total. The number of hydrogen-bond donors (Lipinski definition) is 2. The maximum atomic E-state index is 12.7. The molecule has 1 aromatic heterocycles. The van der Waals surface area contributed by atoms with Gasteiger partial charge < -0.3 is 15.2 Å². The van der Waals surface area contributed by atoms with Crippen molar-refractivity contribution in [2.24, 2.45) is 5.92 Å². The van der Waals surface area contributed by atoms with Gasteiger partial charge in [0, 0.05) is 12.0 Å². The van der Waals surface area contributed by atoms with Crippen molar-refractivity contribution < 1.29 is 9.32 Å². The van der Waals surface area contributed by atoms with Crippen LogP contribution in [0.2, 0.25) is 0 Å². The van der Waals surface area contributed by atoms with Crippen LogP contribution < -0.4 is 10.6 Å². The summed E-state index contributed by atoms with van der Waals surface area (Å²) in [5.41, 5.74) is 2.93. The zero-order chi connectivity index (χ0) is 19.2. The van der Waals surface area contributed by atoms with Crippen molar-refractivity contribution in [1.82, 2.24) is 20.8 Å². The minimum atomic E-state index is -0.107. The summed E-state index contributed by atoms with van der Waals surface area (Å²) >= 11 is 0. The highest BCUT2D eigenvalue weighted by Crippen LogP contribution is 2.18. The third kappa shape index (κ3) is 4.64. The van der Waals surface area contributed by atoms with Gasteiger partial charge in [-0.15, -0.1) is 0 Å². The summed E-state index contributed by atoms with van der Waals surface area (Å²) in [4.78, 5) is 17.1. The van der Waals surface area contributed by atoms with E-state index in [1.165, 1.54) is 0 Å². The number of nitrogens with one attached hydrogen (secondary N) is 2. The van der Waals surface area contributed by atoms with Crippen LogP contribution in [0.5, 0.6) is 0 Å². The molecular weight excluding hydrogens is 352 g/mol. The number of carbonyl (C=O) groups excluding carboxylic acids is 1. The lowest BCUT2D eigenvalue weighted by Gasteiger charge is -2.12. The standard InChI is InChI=1S/C22H24N4O2/c27-22(19-9-5-4-8-18(19)12-17-10-11-23-14-17)24-15-21-25-20(26-28-21)13-16-6-2-1-3-7-16/h1-9,17,23H,10-15H2,(H,24,27). The Labute approximate surface area is 164 Å². The molecule has 0 aliphatic carbocycles. The van der Waals surface area contributed by atoms with Crippen LogP contribution in [0.1, 0.15) is 39.6 Å². The van der Waals surface area contributed by atoms with Crippen LogP contribution in [0.15, 0.2) is 59.1 Å². The smallest absolute Gasteiger partial charge is 0.251 e. The number of carbonyl (C=O) groups is 1. The summed E-state index contributed by atoms with van der Waals surface area (Å²) in [7, 11) is 0. The molecule has 1 fully saturated rings. The number of aromatic nitrogens is 2. The first-order chi connectivity index (χ1) is 13.8. The van der Waals surface area contributed by atoms with Crippen molar-refractivity contribution in [1.29, 1.82) is 0 Å². The van der Waals surface area contributed by atoms with Crippen LogP contribution in [0.25, 0.3) is 0 Å². The van der Waals surface area contributed by atoms with Crippen LogP contribution in [-0.2, 0) is 19.4 Å². The lowest BCUT2D eigenvalue weighted by atomic mass is 9.94. The quantitative estimate of drug-likeness (QED) is 0.663. The highest BCUT2D eigenvalue weighted by molar-refractivity contribution is 5.95. The number of hydrogen-bond acceptors (Lipinski definition) is 5. The predicted molar refractivity (Wildman–Crippen MR) is 106 cm³/mol. The van der Waals surface area contributed by atoms with Gasteiger partial charge in [0.2, 0.25) is 5.89 Å². The maximum absolute atomic E-state index is 12.7. The molecule has 1 amide bonds. The van der Waals surface area contributed by atoms with E-state index in [0.29, 0.717) is 24.1 Å². The van der Waals surface area contributed by atoms with E-state index in [4.69, 9.17) is 4.52 Å². The third-order valence-electron chi connectivity index (χ3n) is 5.05. The average molecular weight is 376 g/mol. The molecule has 0 saturated carbocycles. The molecule has 3 aromatic rings. The minimum absolute atomic E-state index is 0.107. The Hall–Kier alpha value is -2.99. The normalized spacial score (nSPS) is 16.2. The van der Waals surface area contributed by atoms with Crippen molar-refractivity contribution in [2.45, 2.75) is 25.8 Å². The summed E-state index contributed by atoms with van der Waals surface area (Å²) in [5.74, 6) is 1.51. The number of amides is 1. The van der Waals surface area contributed by atoms with Gasteiger partial charge in [-0.25, -0.2) is 0 Å². The first-order valence-corrected chi connectivity index (χ1v) is 9.70. The molecule has 144 valence electrons. The lowest BCUT2D eigenvalue weighted by molar-refractivity contribution is 0.0945. The SMILES string of the molecule is O=C(NCc1nc(Cc2ccccc2)no1)c1ccccc1CC1CCNC1. The second-order valence-electron chi connectivity index (χ2n) is 7.17. The zero-order valence-corrected chi connectivity index (χ0v) is 15.7. The van der Waals surface area contributed by atoms with Gasteiger partial charge in [0.15, 0.2) is 5.82 Å². The van der Waals surface area contributed by atoms with Crippen LogP contribution in [0.4, 0.5) is 0 Å². The fourth-order valence-electron chi connectivity index (χ4n) is 3.58. The average Bonchev–Trinajstić information content (AvgIpc) is 3.39. The molecule has 6 nitrogen and oxygen atoms in total. The molecule has 0 bridgehead atoms. The van der Waals surface area contributed by atoms with Gasteiger partial charge in [0.05, 0.1) is 6.54 Å². The van der Waals surface area contributed by atoms with Gasteiger partial charge in [0.1, 0.15) is 0 Å². The molecule has 1 saturated heterocycles. The fraction of sp³-hybridized carbons (Fsp3) is 0.318. The highest BCUT2D eigenvalue weighted by Gasteiger charge is 2.19. The largest absolute Gasteiger partial charge is 0.343 e. The summed E-state index contributed by atoms with van der Waals surface area (Å²) in [6, 6.07) is 17.8. The molecule has 4 rings (SSSR count). The second kappa shape index (κ2) is 8.80. The zero-order valence-electron chi connectivity index (χ0n) is 15.7. The summed E-state index contributed by atoms with van der Waals surface area (Å²) in [6.07, 6.45) is 2.68. The van der Waals surface area contributed by atoms with E-state index in [2.05, 4.69) is 20.8 Å². The summed E-state index contributed by atoms with van der Waals surface area (Å²) in [6.45, 7) is 2.30. The monoisotopic (exact) mass is 376 g/mol. The third-order valence-corrected chi connectivity index (χ3v) is 5.05. The van der Waals surface area contributed by atoms with Gasteiger partial charge in [-0.3, -0.25) is 4.79 Å². The van der Waals surface area contributed by atoms with Crippen molar-refractivity contribution in [3.05, 3.63) is 83.0 Å². The Morgan fingerprint density at radius 1 is 1.14 bits per heavy atom. The van der Waals surface area contributed by atoms with Crippen LogP contribution >= 0.6 is 0 Å². The van der Waals surface area contributed by atoms with Gasteiger partial charge in [-0.05, 0) is 49.0 Å². The molecule has 1 atom stereocenters. The van der Waals surface area contributed by atoms with Crippen LogP contribution in [0.3, 0.4) is 0 Å². The number of rotatable bonds is 7. The van der Waals surface area contributed by atoms with Crippen molar-refractivity contribution >= 4 is 5.91 Å².